The third-order valence-electron chi connectivity index (χ3n) is 5.37. The highest BCUT2D eigenvalue weighted by Crippen LogP contribution is 2.47. The number of hydrogen-bond acceptors (Lipinski definition) is 2. The highest BCUT2D eigenvalue weighted by molar-refractivity contribution is 5.75. The molecule has 1 fully saturated rings. The number of aliphatic hydroxyl groups is 1. The molecule has 1 saturated carbocycles. The number of aliphatic carboxylic acids is 1. The van der Waals surface area contributed by atoms with Gasteiger partial charge < -0.3 is 10.2 Å². The Kier molecular flexibility index (Phi) is 5.43. The number of carboxylic acid groups (broad SMARTS) is 1. The first-order valence-corrected chi connectivity index (χ1v) is 7.74. The third kappa shape index (κ3) is 3.71. The van der Waals surface area contributed by atoms with E-state index in [4.69, 9.17) is 0 Å². The van der Waals surface area contributed by atoms with Crippen molar-refractivity contribution in [2.75, 3.05) is 0 Å². The van der Waals surface area contributed by atoms with E-state index >= 15 is 0 Å². The minimum absolute atomic E-state index is 0.410. The summed E-state index contributed by atoms with van der Waals surface area (Å²) in [4.78, 5) is 11.8. The third-order valence-corrected chi connectivity index (χ3v) is 5.37. The van der Waals surface area contributed by atoms with E-state index in [2.05, 4.69) is 13.8 Å². The van der Waals surface area contributed by atoms with Crippen LogP contribution in [0.5, 0.6) is 0 Å². The van der Waals surface area contributed by atoms with Crippen LogP contribution in [-0.2, 0) is 4.79 Å². The quantitative estimate of drug-likeness (QED) is 0.771. The van der Waals surface area contributed by atoms with Crippen molar-refractivity contribution in [1.82, 2.24) is 0 Å². The zero-order chi connectivity index (χ0) is 14.7. The van der Waals surface area contributed by atoms with Gasteiger partial charge in [0.25, 0.3) is 0 Å². The first kappa shape index (κ1) is 16.5. The van der Waals surface area contributed by atoms with E-state index in [1.165, 1.54) is 0 Å². The Bertz CT molecular complexity index is 297. The van der Waals surface area contributed by atoms with Crippen LogP contribution in [0.2, 0.25) is 0 Å². The largest absolute Gasteiger partial charge is 0.481 e. The maximum atomic E-state index is 11.8. The summed E-state index contributed by atoms with van der Waals surface area (Å²) in [6.45, 7) is 8.32. The van der Waals surface area contributed by atoms with Crippen LogP contribution in [0.1, 0.15) is 72.6 Å². The molecule has 0 unspecified atom stereocenters. The van der Waals surface area contributed by atoms with Crippen LogP contribution in [0.3, 0.4) is 0 Å². The van der Waals surface area contributed by atoms with Crippen LogP contribution in [0.15, 0.2) is 0 Å². The van der Waals surface area contributed by atoms with Crippen molar-refractivity contribution in [3.05, 3.63) is 0 Å². The smallest absolute Gasteiger partial charge is 0.309 e. The standard InChI is InChI=1S/C16H30O3/c1-5-16(19,6-2)11-15(14(17)18)9-7-13(8-10-15)12(3)4/h12-13,19H,5-11H2,1-4H3,(H,17,18). The maximum Gasteiger partial charge on any atom is 0.309 e. The zero-order valence-corrected chi connectivity index (χ0v) is 12.9. The van der Waals surface area contributed by atoms with Crippen molar-refractivity contribution in [3.63, 3.8) is 0 Å². The van der Waals surface area contributed by atoms with Crippen molar-refractivity contribution < 1.29 is 15.0 Å². The average Bonchev–Trinajstić information content (AvgIpc) is 2.39. The molecule has 19 heavy (non-hydrogen) atoms. The van der Waals surface area contributed by atoms with Crippen molar-refractivity contribution in [2.45, 2.75) is 78.2 Å². The molecule has 1 aliphatic carbocycles. The summed E-state index contributed by atoms with van der Waals surface area (Å²) >= 11 is 0. The number of hydrogen-bond donors (Lipinski definition) is 2. The Morgan fingerprint density at radius 2 is 1.74 bits per heavy atom. The van der Waals surface area contributed by atoms with Gasteiger partial charge in [-0.3, -0.25) is 4.79 Å². The summed E-state index contributed by atoms with van der Waals surface area (Å²) in [5.41, 5.74) is -1.52. The molecule has 0 spiro atoms. The minimum Gasteiger partial charge on any atom is -0.481 e. The van der Waals surface area contributed by atoms with Gasteiger partial charge in [0.1, 0.15) is 0 Å². The Morgan fingerprint density at radius 3 is 2.05 bits per heavy atom. The lowest BCUT2D eigenvalue weighted by Crippen LogP contribution is -2.43. The molecule has 0 atom stereocenters. The number of rotatable bonds is 6. The van der Waals surface area contributed by atoms with Crippen molar-refractivity contribution >= 4 is 5.97 Å². The monoisotopic (exact) mass is 270 g/mol. The van der Waals surface area contributed by atoms with Gasteiger partial charge in [-0.2, -0.15) is 0 Å². The molecule has 0 bridgehead atoms. The molecule has 3 heteroatoms. The van der Waals surface area contributed by atoms with Crippen molar-refractivity contribution in [2.24, 2.45) is 17.3 Å². The van der Waals surface area contributed by atoms with Crippen LogP contribution in [0, 0.1) is 17.3 Å². The Labute approximate surface area is 117 Å². The van der Waals surface area contributed by atoms with E-state index in [-0.39, 0.29) is 0 Å². The predicted octanol–water partition coefficient (Wildman–Crippen LogP) is 3.84. The molecule has 1 aliphatic rings. The molecule has 0 amide bonds. The van der Waals surface area contributed by atoms with Crippen LogP contribution in [0.25, 0.3) is 0 Å². The summed E-state index contributed by atoms with van der Waals surface area (Å²) in [5.74, 6) is 0.557. The molecule has 3 nitrogen and oxygen atoms in total. The van der Waals surface area contributed by atoms with E-state index in [0.717, 1.165) is 12.8 Å². The topological polar surface area (TPSA) is 57.5 Å². The lowest BCUT2D eigenvalue weighted by atomic mass is 9.63. The van der Waals surface area contributed by atoms with Gasteiger partial charge in [-0.15, -0.1) is 0 Å². The van der Waals surface area contributed by atoms with Crippen LogP contribution < -0.4 is 0 Å². The summed E-state index contributed by atoms with van der Waals surface area (Å²) in [7, 11) is 0. The summed E-state index contributed by atoms with van der Waals surface area (Å²) in [5, 5.41) is 20.2. The minimum atomic E-state index is -0.816. The van der Waals surface area contributed by atoms with E-state index in [1.807, 2.05) is 13.8 Å². The molecule has 1 rings (SSSR count). The van der Waals surface area contributed by atoms with E-state index in [9.17, 15) is 15.0 Å². The average molecular weight is 270 g/mol. The second-order valence-corrected chi connectivity index (χ2v) is 6.78. The highest BCUT2D eigenvalue weighted by Gasteiger charge is 2.46. The van der Waals surface area contributed by atoms with Gasteiger partial charge in [0.15, 0.2) is 0 Å². The van der Waals surface area contributed by atoms with Gasteiger partial charge in [-0.25, -0.2) is 0 Å². The summed E-state index contributed by atoms with van der Waals surface area (Å²) in [6.07, 6.45) is 5.06. The van der Waals surface area contributed by atoms with Gasteiger partial charge >= 0.3 is 5.97 Å². The molecule has 0 aromatic heterocycles. The zero-order valence-electron chi connectivity index (χ0n) is 12.9. The molecule has 0 heterocycles. The predicted molar refractivity (Wildman–Crippen MR) is 77.0 cm³/mol. The molecule has 0 aliphatic heterocycles. The van der Waals surface area contributed by atoms with Crippen molar-refractivity contribution in [3.8, 4) is 0 Å². The van der Waals surface area contributed by atoms with Gasteiger partial charge in [0.2, 0.25) is 0 Å². The first-order chi connectivity index (χ1) is 8.78. The highest BCUT2D eigenvalue weighted by atomic mass is 16.4. The molecule has 0 saturated heterocycles. The SMILES string of the molecule is CCC(O)(CC)CC1(C(=O)O)CCC(C(C)C)CC1. The molecule has 2 N–H and O–H groups in total. The Morgan fingerprint density at radius 1 is 1.26 bits per heavy atom. The maximum absolute atomic E-state index is 11.8. The first-order valence-electron chi connectivity index (χ1n) is 7.74. The normalized spacial score (nSPS) is 28.6. The number of carbonyl (C=O) groups is 1. The van der Waals surface area contributed by atoms with Crippen LogP contribution in [0.4, 0.5) is 0 Å². The number of carboxylic acids is 1. The van der Waals surface area contributed by atoms with Gasteiger partial charge in [-0.05, 0) is 56.8 Å². The van der Waals surface area contributed by atoms with E-state index in [0.29, 0.717) is 43.9 Å². The van der Waals surface area contributed by atoms with E-state index in [1.54, 1.807) is 0 Å². The molecular formula is C16H30O3. The molecule has 0 aromatic carbocycles. The van der Waals surface area contributed by atoms with Crippen LogP contribution in [-0.4, -0.2) is 21.8 Å². The van der Waals surface area contributed by atoms with Crippen molar-refractivity contribution in [1.29, 1.82) is 0 Å². The lowest BCUT2D eigenvalue weighted by molar-refractivity contribution is -0.158. The Hall–Kier alpha value is -0.570. The fourth-order valence-corrected chi connectivity index (χ4v) is 3.46. The molecular weight excluding hydrogens is 240 g/mol. The van der Waals surface area contributed by atoms with Crippen LogP contribution >= 0.6 is 0 Å². The fraction of sp³-hybridized carbons (Fsp3) is 0.938. The lowest BCUT2D eigenvalue weighted by Gasteiger charge is -2.42. The summed E-state index contributed by atoms with van der Waals surface area (Å²) in [6, 6.07) is 0. The van der Waals surface area contributed by atoms with Gasteiger partial charge in [0, 0.05) is 0 Å². The van der Waals surface area contributed by atoms with E-state index < -0.39 is 17.0 Å². The Balaban J connectivity index is 2.81. The second kappa shape index (κ2) is 6.25. The van der Waals surface area contributed by atoms with Gasteiger partial charge in [-0.1, -0.05) is 27.7 Å². The molecule has 0 aromatic rings. The molecule has 112 valence electrons. The molecule has 0 radical (unpaired) electrons. The fourth-order valence-electron chi connectivity index (χ4n) is 3.46. The second-order valence-electron chi connectivity index (χ2n) is 6.78. The van der Waals surface area contributed by atoms with Gasteiger partial charge in [0.05, 0.1) is 11.0 Å². The summed E-state index contributed by atoms with van der Waals surface area (Å²) < 4.78 is 0.